The van der Waals surface area contributed by atoms with Gasteiger partial charge in [-0.25, -0.2) is 0 Å². The van der Waals surface area contributed by atoms with Gasteiger partial charge in [-0.1, -0.05) is 13.8 Å². The fraction of sp³-hybridized carbons (Fsp3) is 0.429. The van der Waals surface area contributed by atoms with Gasteiger partial charge in [-0.15, -0.1) is 11.6 Å². The Labute approximate surface area is 117 Å². The second kappa shape index (κ2) is 5.61. The first-order valence-corrected chi connectivity index (χ1v) is 6.75. The Morgan fingerprint density at radius 3 is 2.79 bits per heavy atom. The third-order valence-corrected chi connectivity index (χ3v) is 3.27. The summed E-state index contributed by atoms with van der Waals surface area (Å²) in [5.41, 5.74) is 1.15. The molecule has 2 rings (SSSR count). The number of rotatable bonds is 3. The van der Waals surface area contributed by atoms with Gasteiger partial charge in [0.1, 0.15) is 12.4 Å². The fourth-order valence-electron chi connectivity index (χ4n) is 2.01. The van der Waals surface area contributed by atoms with Crippen molar-refractivity contribution in [3.8, 4) is 5.75 Å². The zero-order valence-corrected chi connectivity index (χ0v) is 11.7. The zero-order chi connectivity index (χ0) is 14.0. The molecule has 0 saturated carbocycles. The van der Waals surface area contributed by atoms with Crippen molar-refractivity contribution in [3.63, 3.8) is 0 Å². The molecule has 0 atom stereocenters. The Kier molecular flexibility index (Phi) is 4.10. The zero-order valence-electron chi connectivity index (χ0n) is 11.0. The topological polar surface area (TPSA) is 46.6 Å². The molecular weight excluding hydrogens is 266 g/mol. The van der Waals surface area contributed by atoms with E-state index in [0.717, 1.165) is 0 Å². The Morgan fingerprint density at radius 2 is 2.16 bits per heavy atom. The molecule has 1 aromatic carbocycles. The number of halogens is 1. The van der Waals surface area contributed by atoms with Crippen LogP contribution in [0.25, 0.3) is 0 Å². The maximum Gasteiger partial charge on any atom is 0.229 e. The van der Waals surface area contributed by atoms with E-state index < -0.39 is 0 Å². The molecule has 0 spiro atoms. The highest BCUT2D eigenvalue weighted by atomic mass is 35.5. The van der Waals surface area contributed by atoms with Crippen molar-refractivity contribution in [2.24, 2.45) is 5.92 Å². The minimum Gasteiger partial charge on any atom is -0.490 e. The molecule has 1 amide bonds. The van der Waals surface area contributed by atoms with Gasteiger partial charge in [-0.2, -0.15) is 0 Å². The lowest BCUT2D eigenvalue weighted by Gasteiger charge is -2.31. The van der Waals surface area contributed by atoms with Gasteiger partial charge in [-0.05, 0) is 18.2 Å². The van der Waals surface area contributed by atoms with E-state index in [1.165, 1.54) is 0 Å². The molecule has 1 aliphatic heterocycles. The summed E-state index contributed by atoms with van der Waals surface area (Å²) in [4.78, 5) is 25.5. The van der Waals surface area contributed by atoms with Gasteiger partial charge in [0.2, 0.25) is 5.91 Å². The Bertz CT molecular complexity index is 513. The van der Waals surface area contributed by atoms with Crippen molar-refractivity contribution < 1.29 is 14.3 Å². The molecule has 4 nitrogen and oxygen atoms in total. The number of hydrogen-bond acceptors (Lipinski definition) is 3. The minimum atomic E-state index is -0.160. The predicted octanol–water partition coefficient (Wildman–Crippen LogP) is 2.49. The second-order valence-corrected chi connectivity index (χ2v) is 5.00. The highest BCUT2D eigenvalue weighted by molar-refractivity contribution is 6.30. The Hall–Kier alpha value is -1.55. The van der Waals surface area contributed by atoms with Crippen LogP contribution in [-0.2, 0) is 4.79 Å². The monoisotopic (exact) mass is 281 g/mol. The van der Waals surface area contributed by atoms with Crippen LogP contribution in [0.3, 0.4) is 0 Å². The first-order valence-electron chi connectivity index (χ1n) is 6.22. The minimum absolute atomic E-state index is 0.0278. The van der Waals surface area contributed by atoms with E-state index in [1.54, 1.807) is 23.1 Å². The number of carbonyl (C=O) groups is 2. The standard InChI is InChI=1S/C14H16ClNO3/c1-9(2)14(18)16-5-6-19-13-4-3-10(7-11(13)16)12(17)8-15/h3-4,7,9H,5-6,8H2,1-2H3. The summed E-state index contributed by atoms with van der Waals surface area (Å²) < 4.78 is 5.51. The number of carbonyl (C=O) groups excluding carboxylic acids is 2. The van der Waals surface area contributed by atoms with Crippen molar-refractivity contribution >= 4 is 29.0 Å². The molecule has 0 saturated heterocycles. The highest BCUT2D eigenvalue weighted by Gasteiger charge is 2.26. The summed E-state index contributed by atoms with van der Waals surface area (Å²) in [7, 11) is 0. The number of nitrogens with zero attached hydrogens (tertiary/aromatic N) is 1. The molecule has 0 bridgehead atoms. The lowest BCUT2D eigenvalue weighted by atomic mass is 10.1. The van der Waals surface area contributed by atoms with E-state index in [9.17, 15) is 9.59 Å². The number of benzene rings is 1. The number of hydrogen-bond donors (Lipinski definition) is 0. The average Bonchev–Trinajstić information content (AvgIpc) is 2.44. The first kappa shape index (κ1) is 13.9. The van der Waals surface area contributed by atoms with Crippen molar-refractivity contribution in [1.82, 2.24) is 0 Å². The van der Waals surface area contributed by atoms with Gasteiger partial charge >= 0.3 is 0 Å². The van der Waals surface area contributed by atoms with Gasteiger partial charge in [0.15, 0.2) is 5.78 Å². The Balaban J connectivity index is 2.41. The molecule has 0 aliphatic carbocycles. The number of alkyl halides is 1. The van der Waals surface area contributed by atoms with E-state index in [2.05, 4.69) is 0 Å². The van der Waals surface area contributed by atoms with Crippen LogP contribution in [0.1, 0.15) is 24.2 Å². The largest absolute Gasteiger partial charge is 0.490 e. The van der Waals surface area contributed by atoms with E-state index in [-0.39, 0.29) is 23.5 Å². The molecule has 0 aromatic heterocycles. The fourth-order valence-corrected chi connectivity index (χ4v) is 2.16. The van der Waals surface area contributed by atoms with Crippen LogP contribution in [0.5, 0.6) is 5.75 Å². The number of ketones is 1. The van der Waals surface area contributed by atoms with E-state index >= 15 is 0 Å². The van der Waals surface area contributed by atoms with Gasteiger partial charge < -0.3 is 9.64 Å². The number of fused-ring (bicyclic) bond motifs is 1. The maximum atomic E-state index is 12.2. The predicted molar refractivity (Wildman–Crippen MR) is 74.2 cm³/mol. The molecule has 102 valence electrons. The highest BCUT2D eigenvalue weighted by Crippen LogP contribution is 2.33. The summed E-state index contributed by atoms with van der Waals surface area (Å²) in [5.74, 6) is 0.328. The number of ether oxygens (including phenoxy) is 1. The third kappa shape index (κ3) is 2.73. The van der Waals surface area contributed by atoms with E-state index in [0.29, 0.717) is 30.2 Å². The van der Waals surface area contributed by atoms with Crippen LogP contribution in [-0.4, -0.2) is 30.7 Å². The number of Topliss-reactive ketones (excluding diaryl/α,β-unsaturated/α-hetero) is 1. The quantitative estimate of drug-likeness (QED) is 0.632. The molecule has 5 heteroatoms. The summed E-state index contributed by atoms with van der Waals surface area (Å²) in [5, 5.41) is 0. The van der Waals surface area contributed by atoms with Crippen LogP contribution in [0.2, 0.25) is 0 Å². The van der Waals surface area contributed by atoms with Crippen LogP contribution >= 0.6 is 11.6 Å². The molecular formula is C14H16ClNO3. The van der Waals surface area contributed by atoms with Gasteiger partial charge in [0.25, 0.3) is 0 Å². The van der Waals surface area contributed by atoms with Crippen LogP contribution in [0.15, 0.2) is 18.2 Å². The summed E-state index contributed by atoms with van der Waals surface area (Å²) in [6, 6.07) is 5.07. The molecule has 1 aromatic rings. The van der Waals surface area contributed by atoms with E-state index in [1.807, 2.05) is 13.8 Å². The van der Waals surface area contributed by atoms with Crippen LogP contribution in [0, 0.1) is 5.92 Å². The third-order valence-electron chi connectivity index (χ3n) is 3.03. The van der Waals surface area contributed by atoms with Crippen molar-refractivity contribution in [1.29, 1.82) is 0 Å². The normalized spacial score (nSPS) is 14.0. The molecule has 1 heterocycles. The number of anilines is 1. The van der Waals surface area contributed by atoms with Gasteiger partial charge in [-0.3, -0.25) is 9.59 Å². The van der Waals surface area contributed by atoms with Gasteiger partial charge in [0.05, 0.1) is 18.1 Å². The molecule has 0 unspecified atom stereocenters. The Morgan fingerprint density at radius 1 is 1.42 bits per heavy atom. The summed E-state index contributed by atoms with van der Waals surface area (Å²) in [6.07, 6.45) is 0. The molecule has 1 aliphatic rings. The molecule has 0 fully saturated rings. The molecule has 0 N–H and O–H groups in total. The summed E-state index contributed by atoms with van der Waals surface area (Å²) >= 11 is 5.56. The van der Waals surface area contributed by atoms with Crippen LogP contribution < -0.4 is 9.64 Å². The second-order valence-electron chi connectivity index (χ2n) is 4.73. The number of amides is 1. The van der Waals surface area contributed by atoms with Crippen LogP contribution in [0.4, 0.5) is 5.69 Å². The van der Waals surface area contributed by atoms with Gasteiger partial charge in [0, 0.05) is 11.5 Å². The van der Waals surface area contributed by atoms with E-state index in [4.69, 9.17) is 16.3 Å². The SMILES string of the molecule is CC(C)C(=O)N1CCOc2ccc(C(=O)CCl)cc21. The maximum absolute atomic E-state index is 12.2. The lowest BCUT2D eigenvalue weighted by molar-refractivity contribution is -0.121. The first-order chi connectivity index (χ1) is 9.04. The van der Waals surface area contributed by atoms with Crippen molar-refractivity contribution in [2.45, 2.75) is 13.8 Å². The summed E-state index contributed by atoms with van der Waals surface area (Å²) in [6.45, 7) is 4.67. The van der Waals surface area contributed by atoms with Crippen molar-refractivity contribution in [3.05, 3.63) is 23.8 Å². The average molecular weight is 282 g/mol. The lowest BCUT2D eigenvalue weighted by Crippen LogP contribution is -2.40. The molecule has 0 radical (unpaired) electrons. The molecule has 19 heavy (non-hydrogen) atoms. The smallest absolute Gasteiger partial charge is 0.229 e. The van der Waals surface area contributed by atoms with Crippen molar-refractivity contribution in [2.75, 3.05) is 23.9 Å².